The molecule has 3 nitrogen and oxygen atoms in total. The predicted octanol–water partition coefficient (Wildman–Crippen LogP) is 0.964. The molecule has 1 aromatic heterocycles. The number of carbonyl (C=O) groups excluding carboxylic acids is 1. The molecule has 0 N–H and O–H groups in total. The van der Waals surface area contributed by atoms with E-state index >= 15 is 0 Å². The fourth-order valence-corrected chi connectivity index (χ4v) is 0.894. The van der Waals surface area contributed by atoms with Crippen LogP contribution in [0, 0.1) is 0 Å². The van der Waals surface area contributed by atoms with Crippen LogP contribution in [0.15, 0.2) is 24.5 Å². The van der Waals surface area contributed by atoms with Crippen molar-refractivity contribution in [3.05, 3.63) is 30.1 Å². The summed E-state index contributed by atoms with van der Waals surface area (Å²) in [5.41, 5.74) is 1.01. The number of hydrogen-bond acceptors (Lipinski definition) is 2. The Morgan fingerprint density at radius 1 is 1.46 bits per heavy atom. The molecule has 1 rings (SSSR count). The Morgan fingerprint density at radius 3 is 2.62 bits per heavy atom. The molecule has 0 aliphatic carbocycles. The molecule has 0 amide bonds. The summed E-state index contributed by atoms with van der Waals surface area (Å²) in [4.78, 5) is 10.8. The predicted molar refractivity (Wildman–Crippen MR) is 47.7 cm³/mol. The molecule has 70 valence electrons. The largest absolute Gasteiger partial charge is 0.461 e. The van der Waals surface area contributed by atoms with Crippen molar-refractivity contribution in [2.24, 2.45) is 7.05 Å². The number of hydrogen-bond donors (Lipinski definition) is 0. The maximum atomic E-state index is 10.8. The molecule has 0 aromatic carbocycles. The van der Waals surface area contributed by atoms with Gasteiger partial charge >= 0.3 is 5.97 Å². The highest BCUT2D eigenvalue weighted by atomic mass is 16.5. The number of pyridine rings is 1. The molecular weight excluding hydrogens is 166 g/mol. The first-order chi connectivity index (χ1) is 6.22. The second-order valence-corrected chi connectivity index (χ2v) is 2.89. The Hall–Kier alpha value is -1.38. The van der Waals surface area contributed by atoms with Crippen LogP contribution in [0.3, 0.4) is 0 Å². The van der Waals surface area contributed by atoms with Crippen LogP contribution in [-0.4, -0.2) is 5.97 Å². The van der Waals surface area contributed by atoms with Crippen LogP contribution >= 0.6 is 0 Å². The highest BCUT2D eigenvalue weighted by Gasteiger charge is 2.00. The zero-order valence-electron chi connectivity index (χ0n) is 7.99. The van der Waals surface area contributed by atoms with Crippen LogP contribution in [0.5, 0.6) is 0 Å². The monoisotopic (exact) mass is 180 g/mol. The van der Waals surface area contributed by atoms with E-state index in [4.69, 9.17) is 4.74 Å². The van der Waals surface area contributed by atoms with Gasteiger partial charge in [-0.25, -0.2) is 4.57 Å². The summed E-state index contributed by atoms with van der Waals surface area (Å²) >= 11 is 0. The van der Waals surface area contributed by atoms with E-state index < -0.39 is 0 Å². The van der Waals surface area contributed by atoms with Gasteiger partial charge in [0.1, 0.15) is 13.7 Å². The molecule has 0 unspecified atom stereocenters. The Kier molecular flexibility index (Phi) is 3.43. The zero-order chi connectivity index (χ0) is 9.68. The molecule has 0 fully saturated rings. The minimum atomic E-state index is -0.159. The van der Waals surface area contributed by atoms with Crippen LogP contribution in [0.25, 0.3) is 0 Å². The van der Waals surface area contributed by atoms with E-state index in [1.165, 1.54) is 0 Å². The molecule has 0 radical (unpaired) electrons. The second kappa shape index (κ2) is 4.60. The van der Waals surface area contributed by atoms with Crippen molar-refractivity contribution in [1.29, 1.82) is 0 Å². The highest BCUT2D eigenvalue weighted by Crippen LogP contribution is 1.98. The number of ether oxygens (including phenoxy) is 1. The maximum Gasteiger partial charge on any atom is 0.305 e. The quantitative estimate of drug-likeness (QED) is 0.512. The summed E-state index contributed by atoms with van der Waals surface area (Å²) in [6, 6.07) is 3.87. The molecule has 0 atom stereocenters. The molecule has 13 heavy (non-hydrogen) atoms. The number of aryl methyl sites for hydroxylation is 1. The van der Waals surface area contributed by atoms with E-state index in [0.29, 0.717) is 13.0 Å². The van der Waals surface area contributed by atoms with Gasteiger partial charge < -0.3 is 4.74 Å². The fraction of sp³-hybridized carbons (Fsp3) is 0.400. The van der Waals surface area contributed by atoms with Gasteiger partial charge in [0.05, 0.1) is 0 Å². The topological polar surface area (TPSA) is 30.2 Å². The van der Waals surface area contributed by atoms with E-state index in [0.717, 1.165) is 5.56 Å². The summed E-state index contributed by atoms with van der Waals surface area (Å²) in [5, 5.41) is 0. The second-order valence-electron chi connectivity index (χ2n) is 2.89. The minimum Gasteiger partial charge on any atom is -0.461 e. The van der Waals surface area contributed by atoms with Crippen molar-refractivity contribution in [2.45, 2.75) is 20.0 Å². The van der Waals surface area contributed by atoms with E-state index in [1.54, 1.807) is 6.92 Å². The average Bonchev–Trinajstić information content (AvgIpc) is 2.16. The fourth-order valence-electron chi connectivity index (χ4n) is 0.894. The SMILES string of the molecule is CCC(=O)OCc1cc[n+](C)cc1. The first-order valence-electron chi connectivity index (χ1n) is 4.32. The van der Waals surface area contributed by atoms with Crippen molar-refractivity contribution < 1.29 is 14.1 Å². The number of esters is 1. The highest BCUT2D eigenvalue weighted by molar-refractivity contribution is 5.68. The number of rotatable bonds is 3. The van der Waals surface area contributed by atoms with E-state index in [1.807, 2.05) is 36.1 Å². The van der Waals surface area contributed by atoms with Gasteiger partial charge in [0.25, 0.3) is 0 Å². The third-order valence-electron chi connectivity index (χ3n) is 1.74. The number of carbonyl (C=O) groups is 1. The molecular formula is C10H14NO2+. The lowest BCUT2D eigenvalue weighted by Crippen LogP contribution is -2.26. The number of nitrogens with zero attached hydrogens (tertiary/aromatic N) is 1. The standard InChI is InChI=1S/C10H14NO2/c1-3-10(12)13-8-9-4-6-11(2)7-5-9/h4-7H,3,8H2,1-2H3/q+1. The molecule has 0 spiro atoms. The summed E-state index contributed by atoms with van der Waals surface area (Å²) in [6.07, 6.45) is 4.28. The molecule has 1 heterocycles. The van der Waals surface area contributed by atoms with E-state index in [-0.39, 0.29) is 5.97 Å². The van der Waals surface area contributed by atoms with Crippen LogP contribution < -0.4 is 4.57 Å². The van der Waals surface area contributed by atoms with Crippen LogP contribution in [-0.2, 0) is 23.2 Å². The van der Waals surface area contributed by atoms with Gasteiger partial charge in [-0.1, -0.05) is 6.92 Å². The summed E-state index contributed by atoms with van der Waals surface area (Å²) in [7, 11) is 1.95. The molecule has 0 bridgehead atoms. The lowest BCUT2D eigenvalue weighted by Gasteiger charge is -2.01. The first-order valence-corrected chi connectivity index (χ1v) is 4.32. The van der Waals surface area contributed by atoms with Crippen LogP contribution in [0.1, 0.15) is 18.9 Å². The van der Waals surface area contributed by atoms with Crippen molar-refractivity contribution in [3.8, 4) is 0 Å². The summed E-state index contributed by atoms with van der Waals surface area (Å²) < 4.78 is 6.90. The molecule has 1 aromatic rings. The smallest absolute Gasteiger partial charge is 0.305 e. The van der Waals surface area contributed by atoms with Gasteiger partial charge in [0.15, 0.2) is 12.4 Å². The molecule has 0 saturated heterocycles. The Morgan fingerprint density at radius 2 is 2.08 bits per heavy atom. The molecule has 0 saturated carbocycles. The zero-order valence-corrected chi connectivity index (χ0v) is 7.99. The third-order valence-corrected chi connectivity index (χ3v) is 1.74. The molecule has 3 heteroatoms. The van der Waals surface area contributed by atoms with Gasteiger partial charge in [0.2, 0.25) is 0 Å². The Labute approximate surface area is 78.0 Å². The van der Waals surface area contributed by atoms with Gasteiger partial charge in [-0.2, -0.15) is 0 Å². The van der Waals surface area contributed by atoms with E-state index in [9.17, 15) is 4.79 Å². The van der Waals surface area contributed by atoms with Gasteiger partial charge in [-0.3, -0.25) is 4.79 Å². The number of aromatic nitrogens is 1. The summed E-state index contributed by atoms with van der Waals surface area (Å²) in [6.45, 7) is 2.15. The van der Waals surface area contributed by atoms with Crippen LogP contribution in [0.4, 0.5) is 0 Å². The Bertz CT molecular complexity index is 279. The lowest BCUT2D eigenvalue weighted by atomic mass is 10.3. The van der Waals surface area contributed by atoms with Crippen molar-refractivity contribution in [1.82, 2.24) is 0 Å². The van der Waals surface area contributed by atoms with Gasteiger partial charge in [-0.05, 0) is 0 Å². The molecule has 0 aliphatic heterocycles. The van der Waals surface area contributed by atoms with Crippen molar-refractivity contribution >= 4 is 5.97 Å². The lowest BCUT2D eigenvalue weighted by molar-refractivity contribution is -0.671. The van der Waals surface area contributed by atoms with Gasteiger partial charge in [-0.15, -0.1) is 0 Å². The average molecular weight is 180 g/mol. The minimum absolute atomic E-state index is 0.159. The Balaban J connectivity index is 2.46. The summed E-state index contributed by atoms with van der Waals surface area (Å²) in [5.74, 6) is -0.159. The van der Waals surface area contributed by atoms with Gasteiger partial charge in [0, 0.05) is 24.1 Å². The van der Waals surface area contributed by atoms with E-state index in [2.05, 4.69) is 0 Å². The third kappa shape index (κ3) is 3.23. The maximum absolute atomic E-state index is 10.8. The van der Waals surface area contributed by atoms with Crippen molar-refractivity contribution in [2.75, 3.05) is 0 Å². The first kappa shape index (κ1) is 9.71. The molecule has 0 aliphatic rings. The van der Waals surface area contributed by atoms with Crippen LogP contribution in [0.2, 0.25) is 0 Å². The normalized spacial score (nSPS) is 9.69. The van der Waals surface area contributed by atoms with Crippen molar-refractivity contribution in [3.63, 3.8) is 0 Å².